The Morgan fingerprint density at radius 1 is 1.44 bits per heavy atom. The molecule has 1 aliphatic rings. The molecule has 0 spiro atoms. The molecule has 98 valence electrons. The first-order chi connectivity index (χ1) is 8.65. The monoisotopic (exact) mass is 253 g/mol. The van der Waals surface area contributed by atoms with E-state index < -0.39 is 6.61 Å². The Morgan fingerprint density at radius 3 is 2.83 bits per heavy atom. The third kappa shape index (κ3) is 4.11. The molecule has 2 nitrogen and oxygen atoms in total. The molecule has 0 heterocycles. The first-order valence-electron chi connectivity index (χ1n) is 6.09. The molecule has 0 aromatic heterocycles. The summed E-state index contributed by atoms with van der Waals surface area (Å²) < 4.78 is 29.0. The van der Waals surface area contributed by atoms with Crippen molar-refractivity contribution in [2.45, 2.75) is 32.4 Å². The van der Waals surface area contributed by atoms with Crippen molar-refractivity contribution in [3.05, 3.63) is 35.4 Å². The molecule has 0 aliphatic heterocycles. The Hall–Kier alpha value is -1.42. The van der Waals surface area contributed by atoms with Gasteiger partial charge in [-0.2, -0.15) is 8.78 Å². The van der Waals surface area contributed by atoms with Crippen molar-refractivity contribution in [1.29, 1.82) is 0 Å². The van der Waals surface area contributed by atoms with E-state index in [0.29, 0.717) is 11.6 Å². The van der Waals surface area contributed by atoms with Crippen LogP contribution in [0.2, 0.25) is 0 Å². The van der Waals surface area contributed by atoms with Gasteiger partial charge in [0.25, 0.3) is 0 Å². The maximum absolute atomic E-state index is 12.2. The molecule has 0 bridgehead atoms. The third-order valence-electron chi connectivity index (χ3n) is 2.78. The van der Waals surface area contributed by atoms with Crippen molar-refractivity contribution >= 4 is 6.08 Å². The van der Waals surface area contributed by atoms with Gasteiger partial charge < -0.3 is 10.1 Å². The SMILES string of the molecule is CC(=Cc1ccccc1OC(F)F)CNC1CC1. The number of halogens is 2. The van der Waals surface area contributed by atoms with Crippen LogP contribution in [-0.4, -0.2) is 19.2 Å². The highest BCUT2D eigenvalue weighted by Crippen LogP contribution is 2.23. The zero-order chi connectivity index (χ0) is 13.0. The van der Waals surface area contributed by atoms with Crippen LogP contribution in [-0.2, 0) is 0 Å². The zero-order valence-corrected chi connectivity index (χ0v) is 10.3. The Balaban J connectivity index is 2.03. The third-order valence-corrected chi connectivity index (χ3v) is 2.78. The summed E-state index contributed by atoms with van der Waals surface area (Å²) in [6, 6.07) is 7.47. The molecule has 2 rings (SSSR count). The minimum Gasteiger partial charge on any atom is -0.434 e. The molecule has 1 aliphatic carbocycles. The molecule has 1 aromatic carbocycles. The molecule has 4 heteroatoms. The van der Waals surface area contributed by atoms with E-state index in [4.69, 9.17) is 0 Å². The molecule has 1 aromatic rings. The van der Waals surface area contributed by atoms with E-state index in [2.05, 4.69) is 10.1 Å². The summed E-state index contributed by atoms with van der Waals surface area (Å²) in [6.07, 6.45) is 4.35. The second-order valence-corrected chi connectivity index (χ2v) is 4.56. The van der Waals surface area contributed by atoms with Crippen molar-refractivity contribution in [3.63, 3.8) is 0 Å². The smallest absolute Gasteiger partial charge is 0.387 e. The molecule has 1 saturated carbocycles. The summed E-state index contributed by atoms with van der Waals surface area (Å²) in [7, 11) is 0. The van der Waals surface area contributed by atoms with Crippen molar-refractivity contribution in [2.75, 3.05) is 6.54 Å². The lowest BCUT2D eigenvalue weighted by atomic mass is 10.1. The van der Waals surface area contributed by atoms with Crippen LogP contribution in [0.25, 0.3) is 6.08 Å². The predicted octanol–water partition coefficient (Wildman–Crippen LogP) is 3.44. The summed E-state index contributed by atoms with van der Waals surface area (Å²) in [5, 5.41) is 3.38. The van der Waals surface area contributed by atoms with E-state index >= 15 is 0 Å². The normalized spacial score (nSPS) is 16.1. The highest BCUT2D eigenvalue weighted by Gasteiger charge is 2.19. The number of alkyl halides is 2. The van der Waals surface area contributed by atoms with Crippen LogP contribution in [0, 0.1) is 0 Å². The minimum absolute atomic E-state index is 0.221. The largest absolute Gasteiger partial charge is 0.434 e. The van der Waals surface area contributed by atoms with Gasteiger partial charge >= 0.3 is 6.61 Å². The minimum atomic E-state index is -2.79. The van der Waals surface area contributed by atoms with Crippen molar-refractivity contribution in [1.82, 2.24) is 5.32 Å². The maximum Gasteiger partial charge on any atom is 0.387 e. The number of ether oxygens (including phenoxy) is 1. The van der Waals surface area contributed by atoms with E-state index in [9.17, 15) is 8.78 Å². The van der Waals surface area contributed by atoms with Gasteiger partial charge in [0.2, 0.25) is 0 Å². The fraction of sp³-hybridized carbons (Fsp3) is 0.429. The summed E-state index contributed by atoms with van der Waals surface area (Å²) >= 11 is 0. The fourth-order valence-electron chi connectivity index (χ4n) is 1.71. The topological polar surface area (TPSA) is 21.3 Å². The van der Waals surface area contributed by atoms with Crippen LogP contribution < -0.4 is 10.1 Å². The Labute approximate surface area is 106 Å². The second-order valence-electron chi connectivity index (χ2n) is 4.56. The van der Waals surface area contributed by atoms with Crippen LogP contribution in [0.5, 0.6) is 5.75 Å². The molecule has 0 atom stereocenters. The molecule has 0 saturated heterocycles. The van der Waals surface area contributed by atoms with Gasteiger partial charge in [-0.15, -0.1) is 0 Å². The standard InChI is InChI=1S/C14H17F2NO/c1-10(9-17-12-6-7-12)8-11-4-2-3-5-13(11)18-14(15)16/h2-5,8,12,14,17H,6-7,9H2,1H3. The highest BCUT2D eigenvalue weighted by atomic mass is 19.3. The van der Waals surface area contributed by atoms with Gasteiger partial charge in [0.05, 0.1) is 0 Å². The quantitative estimate of drug-likeness (QED) is 0.838. The first kappa shape index (κ1) is 13.0. The highest BCUT2D eigenvalue weighted by molar-refractivity contribution is 5.59. The van der Waals surface area contributed by atoms with Crippen LogP contribution in [0.15, 0.2) is 29.8 Å². The van der Waals surface area contributed by atoms with Crippen molar-refractivity contribution in [2.24, 2.45) is 0 Å². The van der Waals surface area contributed by atoms with Crippen LogP contribution in [0.4, 0.5) is 8.78 Å². The molecular formula is C14H17F2NO. The number of benzene rings is 1. The molecule has 0 unspecified atom stereocenters. The molecular weight excluding hydrogens is 236 g/mol. The molecule has 1 fully saturated rings. The number of rotatable bonds is 6. The van der Waals surface area contributed by atoms with E-state index in [1.54, 1.807) is 18.2 Å². The molecule has 18 heavy (non-hydrogen) atoms. The average molecular weight is 253 g/mol. The maximum atomic E-state index is 12.2. The Morgan fingerprint density at radius 2 is 2.17 bits per heavy atom. The lowest BCUT2D eigenvalue weighted by Gasteiger charge is -2.09. The lowest BCUT2D eigenvalue weighted by Crippen LogP contribution is -2.18. The van der Waals surface area contributed by atoms with Gasteiger partial charge in [0.1, 0.15) is 5.75 Å². The number of hydrogen-bond donors (Lipinski definition) is 1. The summed E-state index contributed by atoms with van der Waals surface area (Å²) in [4.78, 5) is 0. The van der Waals surface area contributed by atoms with Crippen LogP contribution in [0.1, 0.15) is 25.3 Å². The molecule has 1 N–H and O–H groups in total. The van der Waals surface area contributed by atoms with Gasteiger partial charge in [0, 0.05) is 18.2 Å². The van der Waals surface area contributed by atoms with Gasteiger partial charge in [-0.1, -0.05) is 29.8 Å². The van der Waals surface area contributed by atoms with E-state index in [1.165, 1.54) is 12.8 Å². The van der Waals surface area contributed by atoms with Crippen LogP contribution >= 0.6 is 0 Å². The number of nitrogens with one attached hydrogen (secondary N) is 1. The summed E-state index contributed by atoms with van der Waals surface area (Å²) in [5.41, 5.74) is 1.79. The van der Waals surface area contributed by atoms with Crippen molar-refractivity contribution in [3.8, 4) is 5.75 Å². The van der Waals surface area contributed by atoms with Crippen LogP contribution in [0.3, 0.4) is 0 Å². The van der Waals surface area contributed by atoms with E-state index in [-0.39, 0.29) is 5.75 Å². The predicted molar refractivity (Wildman–Crippen MR) is 67.7 cm³/mol. The molecule has 0 radical (unpaired) electrons. The summed E-state index contributed by atoms with van der Waals surface area (Å²) in [6.45, 7) is -0.0215. The molecule has 0 amide bonds. The second kappa shape index (κ2) is 5.96. The van der Waals surface area contributed by atoms with Crippen molar-refractivity contribution < 1.29 is 13.5 Å². The number of para-hydroxylation sites is 1. The van der Waals surface area contributed by atoms with Gasteiger partial charge in [-0.3, -0.25) is 0 Å². The first-order valence-corrected chi connectivity index (χ1v) is 6.09. The number of hydrogen-bond acceptors (Lipinski definition) is 2. The zero-order valence-electron chi connectivity index (χ0n) is 10.3. The van der Waals surface area contributed by atoms with E-state index in [0.717, 1.165) is 12.1 Å². The van der Waals surface area contributed by atoms with Gasteiger partial charge in [-0.25, -0.2) is 0 Å². The average Bonchev–Trinajstić information content (AvgIpc) is 3.12. The Kier molecular flexibility index (Phi) is 4.31. The Bertz CT molecular complexity index is 428. The van der Waals surface area contributed by atoms with Gasteiger partial charge in [0.15, 0.2) is 0 Å². The van der Waals surface area contributed by atoms with Gasteiger partial charge in [-0.05, 0) is 25.8 Å². The van der Waals surface area contributed by atoms with E-state index in [1.807, 2.05) is 19.1 Å². The summed E-state index contributed by atoms with van der Waals surface area (Å²) in [5.74, 6) is 0.221. The lowest BCUT2D eigenvalue weighted by molar-refractivity contribution is -0.0499. The fourth-order valence-corrected chi connectivity index (χ4v) is 1.71.